The van der Waals surface area contributed by atoms with Gasteiger partial charge in [0.05, 0.1) is 17.5 Å². The van der Waals surface area contributed by atoms with Gasteiger partial charge >= 0.3 is 6.18 Å². The van der Waals surface area contributed by atoms with E-state index in [4.69, 9.17) is 4.42 Å². The van der Waals surface area contributed by atoms with E-state index in [1.807, 2.05) is 0 Å². The average Bonchev–Trinajstić information content (AvgIpc) is 3.30. The van der Waals surface area contributed by atoms with Gasteiger partial charge in [-0.25, -0.2) is 0 Å². The average molecular weight is 424 g/mol. The van der Waals surface area contributed by atoms with Crippen LogP contribution in [0.25, 0.3) is 0 Å². The van der Waals surface area contributed by atoms with E-state index in [0.717, 1.165) is 23.9 Å². The summed E-state index contributed by atoms with van der Waals surface area (Å²) in [7, 11) is 0. The minimum Gasteiger partial charge on any atom is -0.463 e. The first-order chi connectivity index (χ1) is 13.7. The van der Waals surface area contributed by atoms with Gasteiger partial charge in [-0.2, -0.15) is 13.2 Å². The van der Waals surface area contributed by atoms with Crippen molar-refractivity contribution in [3.63, 3.8) is 0 Å². The molecule has 1 aliphatic heterocycles. The van der Waals surface area contributed by atoms with E-state index < -0.39 is 28.8 Å². The Kier molecular flexibility index (Phi) is 6.06. The number of halogens is 3. The van der Waals surface area contributed by atoms with E-state index in [0.29, 0.717) is 11.5 Å². The third-order valence-corrected chi connectivity index (χ3v) is 4.89. The van der Waals surface area contributed by atoms with Crippen LogP contribution in [0.15, 0.2) is 57.3 Å². The highest BCUT2D eigenvalue weighted by Crippen LogP contribution is 2.34. The second kappa shape index (κ2) is 8.52. The van der Waals surface area contributed by atoms with Gasteiger partial charge in [-0.3, -0.25) is 9.59 Å². The Morgan fingerprint density at radius 2 is 2.03 bits per heavy atom. The predicted molar refractivity (Wildman–Crippen MR) is 103 cm³/mol. The van der Waals surface area contributed by atoms with Crippen molar-refractivity contribution >= 4 is 40.1 Å². The molecular weight excluding hydrogens is 409 g/mol. The van der Waals surface area contributed by atoms with Gasteiger partial charge in [-0.1, -0.05) is 23.9 Å². The van der Waals surface area contributed by atoms with Gasteiger partial charge in [0.2, 0.25) is 11.8 Å². The van der Waals surface area contributed by atoms with Crippen LogP contribution in [0.4, 0.5) is 18.9 Å². The number of amidine groups is 1. The predicted octanol–water partition coefficient (Wildman–Crippen LogP) is 3.64. The number of amides is 2. The third kappa shape index (κ3) is 5.25. The van der Waals surface area contributed by atoms with Crippen molar-refractivity contribution in [1.82, 2.24) is 5.32 Å². The Balaban J connectivity index is 1.63. The summed E-state index contributed by atoms with van der Waals surface area (Å²) in [5, 5.41) is 11.9. The summed E-state index contributed by atoms with van der Waals surface area (Å²) in [6.07, 6.45) is -3.44. The van der Waals surface area contributed by atoms with E-state index in [1.165, 1.54) is 18.4 Å². The third-order valence-electron chi connectivity index (χ3n) is 3.82. The minimum atomic E-state index is -4.60. The molecule has 2 N–H and O–H groups in total. The number of hydrogen-bond acceptors (Lipinski definition) is 6. The molecule has 0 spiro atoms. The summed E-state index contributed by atoms with van der Waals surface area (Å²) in [4.78, 5) is 24.2. The van der Waals surface area contributed by atoms with Crippen LogP contribution in [0.3, 0.4) is 0 Å². The first-order valence-corrected chi connectivity index (χ1v) is 9.21. The van der Waals surface area contributed by atoms with Gasteiger partial charge in [0.1, 0.15) is 16.7 Å². The summed E-state index contributed by atoms with van der Waals surface area (Å²) in [6.45, 7) is 1.67. The molecule has 1 atom stereocenters. The molecule has 1 aliphatic rings. The zero-order valence-corrected chi connectivity index (χ0v) is 15.8. The largest absolute Gasteiger partial charge is 0.463 e. The number of rotatable bonds is 5. The Hall–Kier alpha value is -3.08. The van der Waals surface area contributed by atoms with Gasteiger partial charge in [0, 0.05) is 6.42 Å². The van der Waals surface area contributed by atoms with Gasteiger partial charge in [-0.15, -0.1) is 10.2 Å². The fraction of sp³-hybridized carbons (Fsp3) is 0.222. The Labute approximate surface area is 167 Å². The molecule has 0 radical (unpaired) electrons. The molecule has 1 aromatic carbocycles. The first kappa shape index (κ1) is 20.6. The van der Waals surface area contributed by atoms with E-state index >= 15 is 0 Å². The fourth-order valence-electron chi connectivity index (χ4n) is 2.45. The van der Waals surface area contributed by atoms with Crippen molar-refractivity contribution in [3.05, 3.63) is 54.0 Å². The molecular formula is C18H15F3N4O3S. The second-order valence-corrected chi connectivity index (χ2v) is 7.15. The molecule has 1 fully saturated rings. The number of thioether (sulfide) groups is 1. The molecule has 1 aromatic heterocycles. The summed E-state index contributed by atoms with van der Waals surface area (Å²) in [5.74, 6) is -0.673. The molecule has 152 valence electrons. The van der Waals surface area contributed by atoms with Crippen molar-refractivity contribution in [1.29, 1.82) is 0 Å². The Morgan fingerprint density at radius 3 is 2.72 bits per heavy atom. The van der Waals surface area contributed by atoms with Crippen LogP contribution in [0, 0.1) is 0 Å². The van der Waals surface area contributed by atoms with Crippen molar-refractivity contribution in [2.24, 2.45) is 10.2 Å². The number of nitrogens with zero attached hydrogens (tertiary/aromatic N) is 2. The number of anilines is 1. The quantitative estimate of drug-likeness (QED) is 0.566. The lowest BCUT2D eigenvalue weighted by Crippen LogP contribution is -2.28. The van der Waals surface area contributed by atoms with Gasteiger partial charge < -0.3 is 15.1 Å². The van der Waals surface area contributed by atoms with Gasteiger partial charge in [0.25, 0.3) is 0 Å². The molecule has 1 saturated heterocycles. The molecule has 0 bridgehead atoms. The van der Waals surface area contributed by atoms with E-state index in [1.54, 1.807) is 19.1 Å². The van der Waals surface area contributed by atoms with Crippen molar-refractivity contribution in [3.8, 4) is 0 Å². The summed E-state index contributed by atoms with van der Waals surface area (Å²) in [6, 6.07) is 8.03. The van der Waals surface area contributed by atoms with E-state index in [2.05, 4.69) is 20.8 Å². The number of nitrogens with one attached hydrogen (secondary N) is 2. The van der Waals surface area contributed by atoms with Crippen LogP contribution in [0.5, 0.6) is 0 Å². The zero-order valence-electron chi connectivity index (χ0n) is 15.0. The maximum Gasteiger partial charge on any atom is 0.418 e. The molecule has 29 heavy (non-hydrogen) atoms. The van der Waals surface area contributed by atoms with E-state index in [9.17, 15) is 22.8 Å². The normalized spacial score (nSPS) is 18.8. The number of para-hydroxylation sites is 1. The van der Waals surface area contributed by atoms with Crippen molar-refractivity contribution < 1.29 is 27.2 Å². The molecule has 0 aliphatic carbocycles. The van der Waals surface area contributed by atoms with Gasteiger partial charge in [0.15, 0.2) is 5.17 Å². The number of benzene rings is 1. The standard InChI is InChI=1S/C18H15F3N4O3S/c1-10(13-7-4-8-28-13)24-25-17-23-16(27)14(29-17)9-15(26)22-12-6-3-2-5-11(12)18(19,20)21/h2-8,14H,9H2,1H3,(H,22,26)(H,23,25,27). The molecule has 1 unspecified atom stereocenters. The summed E-state index contributed by atoms with van der Waals surface area (Å²) < 4.78 is 44.2. The Bertz CT molecular complexity index is 971. The minimum absolute atomic E-state index is 0.189. The van der Waals surface area contributed by atoms with Crippen LogP contribution in [-0.4, -0.2) is 27.9 Å². The zero-order chi connectivity index (χ0) is 21.0. The maximum atomic E-state index is 13.0. The number of alkyl halides is 3. The van der Waals surface area contributed by atoms with Crippen LogP contribution in [0.1, 0.15) is 24.7 Å². The molecule has 3 rings (SSSR count). The topological polar surface area (TPSA) is 96.1 Å². The Morgan fingerprint density at radius 1 is 1.28 bits per heavy atom. The lowest BCUT2D eigenvalue weighted by atomic mass is 10.1. The SMILES string of the molecule is CC(=NN=C1NC(=O)C(CC(=O)Nc2ccccc2C(F)(F)F)S1)c1ccco1. The van der Waals surface area contributed by atoms with Crippen LogP contribution in [-0.2, 0) is 15.8 Å². The summed E-state index contributed by atoms with van der Waals surface area (Å²) >= 11 is 0.975. The van der Waals surface area contributed by atoms with Crippen LogP contribution < -0.4 is 10.6 Å². The highest BCUT2D eigenvalue weighted by atomic mass is 32.2. The number of furan rings is 1. The van der Waals surface area contributed by atoms with Crippen molar-refractivity contribution in [2.45, 2.75) is 24.8 Å². The van der Waals surface area contributed by atoms with E-state index in [-0.39, 0.29) is 17.3 Å². The molecule has 2 aromatic rings. The smallest absolute Gasteiger partial charge is 0.418 e. The number of hydrogen-bond donors (Lipinski definition) is 2. The van der Waals surface area contributed by atoms with Crippen LogP contribution in [0.2, 0.25) is 0 Å². The highest BCUT2D eigenvalue weighted by Gasteiger charge is 2.35. The monoisotopic (exact) mass is 424 g/mol. The lowest BCUT2D eigenvalue weighted by molar-refractivity contribution is -0.137. The summed E-state index contributed by atoms with van der Waals surface area (Å²) in [5.41, 5.74) is -0.829. The lowest BCUT2D eigenvalue weighted by Gasteiger charge is -2.14. The van der Waals surface area contributed by atoms with Gasteiger partial charge in [-0.05, 0) is 31.2 Å². The highest BCUT2D eigenvalue weighted by molar-refractivity contribution is 8.15. The molecule has 11 heteroatoms. The second-order valence-electron chi connectivity index (χ2n) is 5.96. The van der Waals surface area contributed by atoms with Crippen LogP contribution >= 0.6 is 11.8 Å². The first-order valence-electron chi connectivity index (χ1n) is 8.34. The molecule has 2 heterocycles. The molecule has 0 saturated carbocycles. The fourth-order valence-corrected chi connectivity index (χ4v) is 3.37. The number of carbonyl (C=O) groups is 2. The number of carbonyl (C=O) groups excluding carboxylic acids is 2. The molecule has 2 amide bonds. The molecule has 7 nitrogen and oxygen atoms in total. The maximum absolute atomic E-state index is 13.0. The van der Waals surface area contributed by atoms with Crippen molar-refractivity contribution in [2.75, 3.05) is 5.32 Å².